The number of nitrogens with one attached hydrogen (secondary N) is 1. The van der Waals surface area contributed by atoms with Crippen LogP contribution in [0.5, 0.6) is 11.5 Å². The summed E-state index contributed by atoms with van der Waals surface area (Å²) in [6, 6.07) is 17.7. The Morgan fingerprint density at radius 1 is 0.980 bits per heavy atom. The molecule has 11 nitrogen and oxygen atoms in total. The highest BCUT2D eigenvalue weighted by molar-refractivity contribution is 6.35. The highest BCUT2D eigenvalue weighted by Gasteiger charge is 2.37. The van der Waals surface area contributed by atoms with Gasteiger partial charge in [0, 0.05) is 24.7 Å². The fourth-order valence-corrected chi connectivity index (χ4v) is 6.79. The fourth-order valence-electron chi connectivity index (χ4n) is 6.25. The van der Waals surface area contributed by atoms with Gasteiger partial charge in [-0.15, -0.1) is 0 Å². The predicted octanol–water partition coefficient (Wildman–Crippen LogP) is 6.42. The molecular weight excluding hydrogens is 671 g/mol. The molecule has 3 saturated heterocycles. The number of halogens is 2. The first-order valence-electron chi connectivity index (χ1n) is 15.8. The molecule has 0 spiro atoms. The van der Waals surface area contributed by atoms with E-state index in [1.807, 2.05) is 6.07 Å². The van der Waals surface area contributed by atoms with Crippen LogP contribution in [0.4, 0.5) is 10.6 Å². The lowest BCUT2D eigenvalue weighted by atomic mass is 9.86. The molecule has 3 fully saturated rings. The van der Waals surface area contributed by atoms with Crippen molar-refractivity contribution in [2.45, 2.75) is 38.0 Å². The van der Waals surface area contributed by atoms with Crippen molar-refractivity contribution in [2.24, 2.45) is 5.92 Å². The summed E-state index contributed by atoms with van der Waals surface area (Å²) in [6.07, 6.45) is 5.84. The topological polar surface area (TPSA) is 135 Å². The molecule has 0 radical (unpaired) electrons. The van der Waals surface area contributed by atoms with E-state index in [1.165, 1.54) is 12.0 Å². The lowest BCUT2D eigenvalue weighted by Crippen LogP contribution is -2.53. The number of amides is 1. The van der Waals surface area contributed by atoms with Gasteiger partial charge in [0.2, 0.25) is 0 Å². The number of pyridine rings is 2. The zero-order valence-corrected chi connectivity index (χ0v) is 28.7. The van der Waals surface area contributed by atoms with Crippen LogP contribution in [0.15, 0.2) is 79.3 Å². The number of nitrogens with zero attached hydrogens (tertiary/aromatic N) is 3. The van der Waals surface area contributed by atoms with Crippen molar-refractivity contribution in [3.05, 3.63) is 112 Å². The molecule has 0 saturated carbocycles. The molecule has 2 bridgehead atoms. The van der Waals surface area contributed by atoms with E-state index in [0.717, 1.165) is 38.0 Å². The molecule has 13 heteroatoms. The van der Waals surface area contributed by atoms with Crippen LogP contribution in [0, 0.1) is 5.92 Å². The number of aromatic nitrogens is 2. The zero-order chi connectivity index (χ0) is 33.6. The van der Waals surface area contributed by atoms with Crippen LogP contribution >= 0.6 is 23.2 Å². The number of rotatable bonds is 11. The Balaban J connectivity index is 0.00000468. The lowest BCUT2D eigenvalue weighted by molar-refractivity contribution is -0.377. The number of piperidine rings is 3. The lowest BCUT2D eigenvalue weighted by Gasteiger charge is -2.44. The fraction of sp³-hybridized carbons (Fsp3) is 0.333. The van der Waals surface area contributed by atoms with Crippen LogP contribution in [0.25, 0.3) is 0 Å². The minimum absolute atomic E-state index is 0. The Kier molecular flexibility index (Phi) is 11.9. The molecule has 2 N–H and O–H groups in total. The van der Waals surface area contributed by atoms with Gasteiger partial charge in [0.25, 0.3) is 0 Å². The van der Waals surface area contributed by atoms with Crippen LogP contribution in [0.1, 0.15) is 46.0 Å². The summed E-state index contributed by atoms with van der Waals surface area (Å²) < 4.78 is 23.0. The SMILES string of the molecule is COc1ccc([C@H](Cc2c(Cl)c[nH+]cc2Cl)OC(=O)c2ccc(CN(C(=O)O[C@H]3CN4CCC3CC4)c3ccccn3)cc2)cc1OC.[OH-]. The number of hydrogen-bond donors (Lipinski definition) is 0. The van der Waals surface area contributed by atoms with Crippen molar-refractivity contribution in [2.75, 3.05) is 38.8 Å². The van der Waals surface area contributed by atoms with Crippen LogP contribution in [-0.2, 0) is 22.4 Å². The highest BCUT2D eigenvalue weighted by Crippen LogP contribution is 2.36. The number of carbonyl (C=O) groups excluding carboxylic acids is 2. The van der Waals surface area contributed by atoms with Crippen molar-refractivity contribution in [1.29, 1.82) is 0 Å². The summed E-state index contributed by atoms with van der Waals surface area (Å²) in [5.41, 5.74) is 2.42. The molecule has 49 heavy (non-hydrogen) atoms. The van der Waals surface area contributed by atoms with E-state index in [0.29, 0.717) is 50.0 Å². The zero-order valence-electron chi connectivity index (χ0n) is 27.2. The molecule has 5 heterocycles. The van der Waals surface area contributed by atoms with Gasteiger partial charge in [0.15, 0.2) is 23.9 Å². The number of ether oxygens (including phenoxy) is 4. The Morgan fingerprint density at radius 2 is 1.69 bits per heavy atom. The van der Waals surface area contributed by atoms with Gasteiger partial charge in [-0.2, -0.15) is 0 Å². The van der Waals surface area contributed by atoms with Crippen molar-refractivity contribution < 1.29 is 39.0 Å². The Morgan fingerprint density at radius 3 is 2.31 bits per heavy atom. The van der Waals surface area contributed by atoms with E-state index >= 15 is 0 Å². The Bertz CT molecular complexity index is 1720. The van der Waals surface area contributed by atoms with E-state index in [2.05, 4.69) is 14.9 Å². The van der Waals surface area contributed by atoms with E-state index in [9.17, 15) is 9.59 Å². The van der Waals surface area contributed by atoms with Gasteiger partial charge in [0.05, 0.1) is 26.3 Å². The first kappa shape index (κ1) is 35.9. The Labute approximate surface area is 295 Å². The van der Waals surface area contributed by atoms with Crippen LogP contribution in [0.3, 0.4) is 0 Å². The number of carbonyl (C=O) groups is 2. The third kappa shape index (κ3) is 8.42. The maximum atomic E-state index is 13.6. The van der Waals surface area contributed by atoms with Crippen molar-refractivity contribution in [1.82, 2.24) is 9.88 Å². The predicted molar refractivity (Wildman–Crippen MR) is 183 cm³/mol. The third-order valence-corrected chi connectivity index (χ3v) is 9.61. The number of anilines is 1. The van der Waals surface area contributed by atoms with E-state index in [-0.39, 0.29) is 24.5 Å². The Hall–Kier alpha value is -4.42. The molecule has 7 rings (SSSR count). The van der Waals surface area contributed by atoms with Crippen LogP contribution in [-0.4, -0.2) is 67.4 Å². The highest BCUT2D eigenvalue weighted by atomic mass is 35.5. The summed E-state index contributed by atoms with van der Waals surface area (Å²) in [5.74, 6) is 1.35. The molecule has 3 aliphatic heterocycles. The van der Waals surface area contributed by atoms with Crippen molar-refractivity contribution >= 4 is 41.1 Å². The number of methoxy groups -OCH3 is 2. The van der Waals surface area contributed by atoms with Crippen molar-refractivity contribution in [3.63, 3.8) is 0 Å². The van der Waals surface area contributed by atoms with Gasteiger partial charge in [-0.3, -0.25) is 9.80 Å². The van der Waals surface area contributed by atoms with Crippen molar-refractivity contribution in [3.8, 4) is 11.5 Å². The summed E-state index contributed by atoms with van der Waals surface area (Å²) in [4.78, 5) is 38.3. The number of H-pyrrole nitrogens is 1. The molecule has 1 amide bonds. The van der Waals surface area contributed by atoms with E-state index in [1.54, 1.807) is 80.3 Å². The van der Waals surface area contributed by atoms with E-state index < -0.39 is 18.2 Å². The number of hydrogen-bond acceptors (Lipinski definition) is 9. The number of esters is 1. The quantitative estimate of drug-likeness (QED) is 0.162. The minimum atomic E-state index is -0.754. The molecule has 0 aliphatic carbocycles. The number of benzene rings is 2. The molecule has 2 aromatic heterocycles. The van der Waals surface area contributed by atoms with Crippen LogP contribution in [0.2, 0.25) is 10.0 Å². The maximum Gasteiger partial charge on any atom is 0.416 e. The standard InChI is InChI=1S/C36H36Cl2N4O6.H2O/c1-45-30-11-10-26(17-32(30)46-2)31(18-27-28(37)19-39-20-29(27)38)47-35(43)25-8-6-23(7-9-25)21-42(34-5-3-4-14-40-34)36(44)48-33-22-41-15-12-24(33)13-16-41;/h3-11,14,17,19-20,24,31,33H,12-13,15-16,18,21-22H2,1-2H3;1H2/t31-,33-;/m0./s1. The monoisotopic (exact) mass is 708 g/mol. The summed E-state index contributed by atoms with van der Waals surface area (Å²) >= 11 is 12.9. The molecule has 3 aliphatic rings. The third-order valence-electron chi connectivity index (χ3n) is 8.94. The second-order valence-electron chi connectivity index (χ2n) is 11.9. The average molecular weight is 710 g/mol. The first-order chi connectivity index (χ1) is 23.3. The largest absolute Gasteiger partial charge is 0.870 e. The molecule has 2 atom stereocenters. The van der Waals surface area contributed by atoms with Gasteiger partial charge in [-0.05, 0) is 79.4 Å². The second-order valence-corrected chi connectivity index (χ2v) is 12.7. The number of fused-ring (bicyclic) bond motifs is 3. The second kappa shape index (κ2) is 16.3. The summed E-state index contributed by atoms with van der Waals surface area (Å²) in [5, 5.41) is 0.829. The molecule has 4 aromatic rings. The van der Waals surface area contributed by atoms with E-state index in [4.69, 9.17) is 42.1 Å². The maximum absolute atomic E-state index is 13.6. The molecular formula is C36H38Cl2N4O7. The molecule has 2 aromatic carbocycles. The summed E-state index contributed by atoms with van der Waals surface area (Å²) in [6.45, 7) is 3.08. The van der Waals surface area contributed by atoms with Gasteiger partial charge in [0.1, 0.15) is 28.1 Å². The smallest absolute Gasteiger partial charge is 0.416 e. The van der Waals surface area contributed by atoms with Gasteiger partial charge >= 0.3 is 12.1 Å². The van der Waals surface area contributed by atoms with Gasteiger partial charge in [-0.25, -0.2) is 19.6 Å². The first-order valence-corrected chi connectivity index (χ1v) is 16.6. The molecule has 258 valence electrons. The van der Waals surface area contributed by atoms with Gasteiger partial charge < -0.3 is 24.4 Å². The average Bonchev–Trinajstić information content (AvgIpc) is 3.12. The minimum Gasteiger partial charge on any atom is -0.870 e. The molecule has 0 unspecified atom stereocenters. The van der Waals surface area contributed by atoms with Crippen LogP contribution < -0.4 is 19.4 Å². The van der Waals surface area contributed by atoms with Gasteiger partial charge in [-0.1, -0.05) is 47.5 Å². The number of aromatic amines is 1. The summed E-state index contributed by atoms with van der Waals surface area (Å²) in [7, 11) is 3.09. The normalized spacial score (nSPS) is 18.5.